The van der Waals surface area contributed by atoms with Crippen molar-refractivity contribution in [3.05, 3.63) is 94.3 Å². The van der Waals surface area contributed by atoms with Crippen LogP contribution in [0.15, 0.2) is 60.7 Å². The number of hydrogen-bond donors (Lipinski definition) is 0. The first kappa shape index (κ1) is 20.7. The van der Waals surface area contributed by atoms with Crippen LogP contribution in [0.25, 0.3) is 0 Å². The zero-order valence-corrected chi connectivity index (χ0v) is 18.3. The summed E-state index contributed by atoms with van der Waals surface area (Å²) in [5, 5.41) is 0. The van der Waals surface area contributed by atoms with Crippen LogP contribution in [0.1, 0.15) is 45.1 Å². The van der Waals surface area contributed by atoms with Gasteiger partial charge in [-0.1, -0.05) is 48.5 Å². The maximum absolute atomic E-state index is 15.7. The minimum Gasteiger partial charge on any atom is -0.488 e. The molecule has 1 saturated heterocycles. The molecule has 5 heteroatoms. The van der Waals surface area contributed by atoms with Crippen LogP contribution < -0.4 is 9.47 Å². The monoisotopic (exact) mass is 431 g/mol. The van der Waals surface area contributed by atoms with Gasteiger partial charge in [0.2, 0.25) is 0 Å². The molecular weight excluding hydrogens is 405 g/mol. The average Bonchev–Trinajstić information content (AvgIpc) is 3.36. The number of carbonyl (C=O) groups excluding carboxylic acids is 1. The van der Waals surface area contributed by atoms with E-state index in [2.05, 4.69) is 4.90 Å². The van der Waals surface area contributed by atoms with Crippen molar-refractivity contribution in [2.75, 3.05) is 13.6 Å². The lowest BCUT2D eigenvalue weighted by atomic mass is 9.96. The lowest BCUT2D eigenvalue weighted by Crippen LogP contribution is -2.21. The topological polar surface area (TPSA) is 38.8 Å². The van der Waals surface area contributed by atoms with E-state index < -0.39 is 5.97 Å². The van der Waals surface area contributed by atoms with Crippen LogP contribution >= 0.6 is 0 Å². The second kappa shape index (κ2) is 8.40. The number of ether oxygens (including phenoxy) is 2. The van der Waals surface area contributed by atoms with Crippen molar-refractivity contribution in [2.24, 2.45) is 5.92 Å². The second-order valence-electron chi connectivity index (χ2n) is 8.69. The Labute approximate surface area is 187 Å². The molecule has 0 saturated carbocycles. The first-order chi connectivity index (χ1) is 15.5. The van der Waals surface area contributed by atoms with E-state index in [1.165, 1.54) is 0 Å². The Morgan fingerprint density at radius 2 is 1.78 bits per heavy atom. The van der Waals surface area contributed by atoms with Gasteiger partial charge < -0.3 is 9.47 Å². The van der Waals surface area contributed by atoms with Crippen LogP contribution in [-0.2, 0) is 13.0 Å². The molecule has 0 N–H and O–H groups in total. The third-order valence-electron chi connectivity index (χ3n) is 6.69. The van der Waals surface area contributed by atoms with Gasteiger partial charge in [-0.25, -0.2) is 9.18 Å². The molecule has 3 aromatic rings. The van der Waals surface area contributed by atoms with Crippen molar-refractivity contribution in [1.29, 1.82) is 0 Å². The van der Waals surface area contributed by atoms with E-state index in [9.17, 15) is 4.79 Å². The van der Waals surface area contributed by atoms with Gasteiger partial charge in [0.1, 0.15) is 29.5 Å². The Balaban J connectivity index is 1.59. The minimum absolute atomic E-state index is 0.0296. The van der Waals surface area contributed by atoms with Crippen molar-refractivity contribution in [3.63, 3.8) is 0 Å². The van der Waals surface area contributed by atoms with E-state index in [0.29, 0.717) is 36.0 Å². The SMILES string of the molecule is Cc1c(F)c2c(c(OCc3ccccc3)c1C(=O)Oc1ccccc1)CC1CCN(C)C21. The molecular formula is C27H26FNO3. The number of halogens is 1. The second-order valence-corrected chi connectivity index (χ2v) is 8.69. The maximum atomic E-state index is 15.7. The molecule has 0 aromatic heterocycles. The number of fused-ring (bicyclic) bond motifs is 3. The summed E-state index contributed by atoms with van der Waals surface area (Å²) in [6.07, 6.45) is 1.72. The van der Waals surface area contributed by atoms with Gasteiger partial charge in [0.05, 0.1) is 0 Å². The Kier molecular flexibility index (Phi) is 5.43. The predicted octanol–water partition coefficient (Wildman–Crippen LogP) is 5.48. The highest BCUT2D eigenvalue weighted by atomic mass is 19.1. The summed E-state index contributed by atoms with van der Waals surface area (Å²) in [6.45, 7) is 2.90. The molecule has 2 aliphatic rings. The van der Waals surface area contributed by atoms with Crippen molar-refractivity contribution in [3.8, 4) is 11.5 Å². The number of likely N-dealkylation sites (tertiary alicyclic amines) is 1. The lowest BCUT2D eigenvalue weighted by Gasteiger charge is -2.23. The average molecular weight is 432 g/mol. The molecule has 1 fully saturated rings. The summed E-state index contributed by atoms with van der Waals surface area (Å²) in [5.74, 6) is 0.315. The summed E-state index contributed by atoms with van der Waals surface area (Å²) < 4.78 is 27.6. The molecule has 5 rings (SSSR count). The van der Waals surface area contributed by atoms with Gasteiger partial charge >= 0.3 is 5.97 Å². The zero-order valence-electron chi connectivity index (χ0n) is 18.3. The van der Waals surface area contributed by atoms with E-state index >= 15 is 4.39 Å². The van der Waals surface area contributed by atoms with E-state index in [0.717, 1.165) is 24.1 Å². The van der Waals surface area contributed by atoms with Gasteiger partial charge in [-0.15, -0.1) is 0 Å². The first-order valence-corrected chi connectivity index (χ1v) is 11.0. The number of para-hydroxylation sites is 1. The number of benzene rings is 3. The fourth-order valence-corrected chi connectivity index (χ4v) is 5.14. The fourth-order valence-electron chi connectivity index (χ4n) is 5.14. The summed E-state index contributed by atoms with van der Waals surface area (Å²) in [5.41, 5.74) is 2.95. The molecule has 0 bridgehead atoms. The van der Waals surface area contributed by atoms with Crippen LogP contribution in [0.3, 0.4) is 0 Å². The van der Waals surface area contributed by atoms with E-state index in [1.54, 1.807) is 31.2 Å². The van der Waals surface area contributed by atoms with Crippen LogP contribution in [0.2, 0.25) is 0 Å². The molecule has 1 heterocycles. The van der Waals surface area contributed by atoms with Crippen molar-refractivity contribution in [1.82, 2.24) is 4.90 Å². The number of esters is 1. The van der Waals surface area contributed by atoms with Gasteiger partial charge in [0.15, 0.2) is 0 Å². The number of nitrogens with zero attached hydrogens (tertiary/aromatic N) is 1. The quantitative estimate of drug-likeness (QED) is 0.396. The molecule has 4 nitrogen and oxygen atoms in total. The zero-order chi connectivity index (χ0) is 22.2. The molecule has 3 aromatic carbocycles. The smallest absolute Gasteiger partial charge is 0.347 e. The van der Waals surface area contributed by atoms with Gasteiger partial charge in [-0.2, -0.15) is 0 Å². The Hall–Kier alpha value is -3.18. The highest BCUT2D eigenvalue weighted by Crippen LogP contribution is 2.51. The lowest BCUT2D eigenvalue weighted by molar-refractivity contribution is 0.0728. The number of hydrogen-bond acceptors (Lipinski definition) is 4. The van der Waals surface area contributed by atoms with E-state index in [-0.39, 0.29) is 23.0 Å². The van der Waals surface area contributed by atoms with Gasteiger partial charge in [-0.05, 0) is 57.0 Å². The molecule has 32 heavy (non-hydrogen) atoms. The normalized spacial score (nSPS) is 19.5. The first-order valence-electron chi connectivity index (χ1n) is 11.0. The standard InChI is InChI=1S/C27H26FNO3/c1-17-22(27(30)32-20-11-7-4-8-12-20)26(31-16-18-9-5-3-6-10-18)21-15-19-13-14-29(2)25(19)23(21)24(17)28/h3-12,19,25H,13-16H2,1-2H3. The van der Waals surface area contributed by atoms with Gasteiger partial charge in [0.25, 0.3) is 0 Å². The third kappa shape index (κ3) is 3.56. The van der Waals surface area contributed by atoms with Crippen LogP contribution in [-0.4, -0.2) is 24.5 Å². The van der Waals surface area contributed by atoms with Crippen LogP contribution in [0.5, 0.6) is 11.5 Å². The fraction of sp³-hybridized carbons (Fsp3) is 0.296. The Morgan fingerprint density at radius 3 is 2.50 bits per heavy atom. The van der Waals surface area contributed by atoms with Crippen LogP contribution in [0, 0.1) is 18.7 Å². The predicted molar refractivity (Wildman–Crippen MR) is 120 cm³/mol. The molecule has 0 radical (unpaired) electrons. The molecule has 0 amide bonds. The van der Waals surface area contributed by atoms with Gasteiger partial charge in [-0.3, -0.25) is 4.90 Å². The summed E-state index contributed by atoms with van der Waals surface area (Å²) >= 11 is 0. The van der Waals surface area contributed by atoms with Crippen molar-refractivity contribution >= 4 is 5.97 Å². The molecule has 0 spiro atoms. The highest BCUT2D eigenvalue weighted by Gasteiger charge is 2.45. The van der Waals surface area contributed by atoms with E-state index in [4.69, 9.17) is 9.47 Å². The Bertz CT molecular complexity index is 1150. The maximum Gasteiger partial charge on any atom is 0.347 e. The molecule has 2 unspecified atom stereocenters. The van der Waals surface area contributed by atoms with Crippen LogP contribution in [0.4, 0.5) is 4.39 Å². The molecule has 164 valence electrons. The third-order valence-corrected chi connectivity index (χ3v) is 6.69. The van der Waals surface area contributed by atoms with E-state index in [1.807, 2.05) is 43.4 Å². The number of carbonyl (C=O) groups is 1. The minimum atomic E-state index is -0.594. The van der Waals surface area contributed by atoms with Crippen molar-refractivity contribution in [2.45, 2.75) is 32.4 Å². The van der Waals surface area contributed by atoms with Gasteiger partial charge in [0, 0.05) is 22.7 Å². The number of rotatable bonds is 5. The highest BCUT2D eigenvalue weighted by molar-refractivity contribution is 5.96. The Morgan fingerprint density at radius 1 is 1.09 bits per heavy atom. The summed E-state index contributed by atoms with van der Waals surface area (Å²) in [4.78, 5) is 15.5. The summed E-state index contributed by atoms with van der Waals surface area (Å²) in [7, 11) is 2.04. The summed E-state index contributed by atoms with van der Waals surface area (Å²) in [6, 6.07) is 18.7. The van der Waals surface area contributed by atoms with Crippen molar-refractivity contribution < 1.29 is 18.7 Å². The molecule has 1 aliphatic carbocycles. The molecule has 1 aliphatic heterocycles. The largest absolute Gasteiger partial charge is 0.488 e. The molecule has 2 atom stereocenters.